The number of benzene rings is 2. The van der Waals surface area contributed by atoms with Crippen LogP contribution in [-0.4, -0.2) is 57.2 Å². The highest BCUT2D eigenvalue weighted by atomic mass is 16.5. The van der Waals surface area contributed by atoms with Crippen LogP contribution in [0.3, 0.4) is 0 Å². The number of carbonyl (C=O) groups excluding carboxylic acids is 1. The zero-order valence-corrected chi connectivity index (χ0v) is 22.7. The maximum absolute atomic E-state index is 11.0. The number of aliphatic hydroxyl groups is 1. The van der Waals surface area contributed by atoms with E-state index in [0.29, 0.717) is 17.1 Å². The summed E-state index contributed by atoms with van der Waals surface area (Å²) in [5, 5.41) is 15.9. The number of aryl methyl sites for hydroxylation is 2. The summed E-state index contributed by atoms with van der Waals surface area (Å²) in [4.78, 5) is 15.5. The average Bonchev–Trinajstić information content (AvgIpc) is 3.37. The number of hydrogen-bond donors (Lipinski definition) is 4. The van der Waals surface area contributed by atoms with E-state index in [1.54, 1.807) is 18.2 Å². The summed E-state index contributed by atoms with van der Waals surface area (Å²) >= 11 is 0. The maximum Gasteiger partial charge on any atom is 0.233 e. The molecule has 1 heterocycles. The molecule has 0 spiro atoms. The Morgan fingerprint density at radius 2 is 1.83 bits per heavy atom. The number of nitrogens with zero attached hydrogens (tertiary/aromatic N) is 1. The standard InChI is InChI=1S/C16H24N2.C12H18N2O4/c1-11-8-13(16(3,4)5)9-12(2)14(11)10-15-17-6-7-18-15;1-17-8-3-4-11(18-2)9(5-8)10(15)7-14-12(16)6-13/h8-9H,6-7,10H2,1-5H3,(H,17,18);3-5,10,15H,6-7,13H2,1-2H3,(H,14,16). The molecule has 2 aromatic rings. The minimum Gasteiger partial charge on any atom is -0.497 e. The molecule has 0 fully saturated rings. The molecule has 3 rings (SSSR count). The summed E-state index contributed by atoms with van der Waals surface area (Å²) in [5.41, 5.74) is 11.5. The van der Waals surface area contributed by atoms with Crippen LogP contribution >= 0.6 is 0 Å². The van der Waals surface area contributed by atoms with Crippen LogP contribution in [0, 0.1) is 13.8 Å². The van der Waals surface area contributed by atoms with Gasteiger partial charge in [-0.2, -0.15) is 0 Å². The molecule has 1 amide bonds. The van der Waals surface area contributed by atoms with Crippen molar-refractivity contribution in [3.8, 4) is 11.5 Å². The summed E-state index contributed by atoms with van der Waals surface area (Å²) in [6.45, 7) is 13.1. The fourth-order valence-corrected chi connectivity index (χ4v) is 3.93. The van der Waals surface area contributed by atoms with Crippen molar-refractivity contribution in [1.29, 1.82) is 0 Å². The number of ether oxygens (including phenoxy) is 2. The van der Waals surface area contributed by atoms with E-state index >= 15 is 0 Å². The summed E-state index contributed by atoms with van der Waals surface area (Å²) in [5.74, 6) is 1.96. The molecule has 0 bridgehead atoms. The molecule has 1 aliphatic heterocycles. The molecule has 36 heavy (non-hydrogen) atoms. The molecule has 0 saturated heterocycles. The fraction of sp³-hybridized carbons (Fsp3) is 0.500. The number of hydrogen-bond acceptors (Lipinski definition) is 7. The van der Waals surface area contributed by atoms with E-state index < -0.39 is 6.10 Å². The third kappa shape index (κ3) is 8.24. The lowest BCUT2D eigenvalue weighted by Gasteiger charge is -2.22. The van der Waals surface area contributed by atoms with E-state index in [2.05, 4.69) is 62.4 Å². The molecule has 0 saturated carbocycles. The molecule has 0 aliphatic carbocycles. The predicted molar refractivity (Wildman–Crippen MR) is 145 cm³/mol. The second kappa shape index (κ2) is 13.3. The number of amidine groups is 1. The third-order valence-electron chi connectivity index (χ3n) is 6.12. The lowest BCUT2D eigenvalue weighted by Crippen LogP contribution is -2.33. The van der Waals surface area contributed by atoms with Crippen LogP contribution in [0.2, 0.25) is 0 Å². The first-order valence-electron chi connectivity index (χ1n) is 12.2. The van der Waals surface area contributed by atoms with Crippen LogP contribution in [0.1, 0.15) is 54.7 Å². The summed E-state index contributed by atoms with van der Waals surface area (Å²) in [7, 11) is 3.05. The van der Waals surface area contributed by atoms with Gasteiger partial charge in [0.1, 0.15) is 17.3 Å². The monoisotopic (exact) mass is 498 g/mol. The minimum atomic E-state index is -0.884. The van der Waals surface area contributed by atoms with Gasteiger partial charge in [0.2, 0.25) is 5.91 Å². The van der Waals surface area contributed by atoms with Crippen LogP contribution < -0.4 is 25.8 Å². The summed E-state index contributed by atoms with van der Waals surface area (Å²) < 4.78 is 10.2. The smallest absolute Gasteiger partial charge is 0.233 e. The SMILES string of the molecule is COc1ccc(OC)c(C(O)CNC(=O)CN)c1.Cc1cc(C(C)(C)C)cc(C)c1CC1=NCCN1. The van der Waals surface area contributed by atoms with Crippen molar-refractivity contribution in [1.82, 2.24) is 10.6 Å². The van der Waals surface area contributed by atoms with E-state index in [1.165, 1.54) is 36.5 Å². The molecule has 1 unspecified atom stereocenters. The quantitative estimate of drug-likeness (QED) is 0.444. The Morgan fingerprint density at radius 1 is 1.17 bits per heavy atom. The van der Waals surface area contributed by atoms with Gasteiger partial charge < -0.3 is 30.9 Å². The van der Waals surface area contributed by atoms with Gasteiger partial charge >= 0.3 is 0 Å². The molecule has 0 aromatic heterocycles. The van der Waals surface area contributed by atoms with Crippen LogP contribution in [0.25, 0.3) is 0 Å². The Balaban J connectivity index is 0.000000254. The Hall–Kier alpha value is -3.10. The highest BCUT2D eigenvalue weighted by Crippen LogP contribution is 2.29. The molecule has 5 N–H and O–H groups in total. The van der Waals surface area contributed by atoms with Gasteiger partial charge in [-0.3, -0.25) is 9.79 Å². The van der Waals surface area contributed by atoms with Gasteiger partial charge in [-0.25, -0.2) is 0 Å². The molecule has 198 valence electrons. The largest absolute Gasteiger partial charge is 0.497 e. The molecule has 0 radical (unpaired) electrons. The predicted octanol–water partition coefficient (Wildman–Crippen LogP) is 2.96. The Labute approximate surface area is 215 Å². The average molecular weight is 499 g/mol. The van der Waals surface area contributed by atoms with Gasteiger partial charge in [-0.05, 0) is 59.7 Å². The van der Waals surface area contributed by atoms with Gasteiger partial charge in [0.25, 0.3) is 0 Å². The van der Waals surface area contributed by atoms with Crippen molar-refractivity contribution in [3.05, 3.63) is 58.1 Å². The lowest BCUT2D eigenvalue weighted by molar-refractivity contribution is -0.120. The van der Waals surface area contributed by atoms with E-state index in [9.17, 15) is 9.90 Å². The molecule has 1 aliphatic rings. The zero-order valence-electron chi connectivity index (χ0n) is 22.7. The van der Waals surface area contributed by atoms with Gasteiger partial charge in [-0.15, -0.1) is 0 Å². The third-order valence-corrected chi connectivity index (χ3v) is 6.12. The maximum atomic E-state index is 11.0. The van der Waals surface area contributed by atoms with Crippen molar-refractivity contribution in [2.45, 2.75) is 52.6 Å². The van der Waals surface area contributed by atoms with Crippen molar-refractivity contribution in [2.24, 2.45) is 10.7 Å². The number of aliphatic hydroxyl groups excluding tert-OH is 1. The topological polar surface area (TPSA) is 118 Å². The molecule has 2 aromatic carbocycles. The molecular weight excluding hydrogens is 456 g/mol. The number of carbonyl (C=O) groups is 1. The zero-order chi connectivity index (χ0) is 26.9. The number of amides is 1. The van der Waals surface area contributed by atoms with Crippen molar-refractivity contribution < 1.29 is 19.4 Å². The number of methoxy groups -OCH3 is 2. The second-order valence-electron chi connectivity index (χ2n) is 9.90. The summed E-state index contributed by atoms with van der Waals surface area (Å²) in [6, 6.07) is 9.75. The van der Waals surface area contributed by atoms with Crippen molar-refractivity contribution >= 4 is 11.7 Å². The normalized spacial score (nSPS) is 13.6. The van der Waals surface area contributed by atoms with Gasteiger partial charge in [0.15, 0.2) is 0 Å². The molecule has 1 atom stereocenters. The van der Waals surface area contributed by atoms with Gasteiger partial charge in [0, 0.05) is 25.1 Å². The highest BCUT2D eigenvalue weighted by Gasteiger charge is 2.18. The Kier molecular flexibility index (Phi) is 10.7. The molecular formula is C28H42N4O4. The van der Waals surface area contributed by atoms with Crippen LogP contribution in [0.15, 0.2) is 35.3 Å². The number of rotatable bonds is 8. The first kappa shape index (κ1) is 29.1. The van der Waals surface area contributed by atoms with Crippen molar-refractivity contribution in [2.75, 3.05) is 40.4 Å². The fourth-order valence-electron chi connectivity index (χ4n) is 3.93. The first-order valence-corrected chi connectivity index (χ1v) is 12.2. The van der Waals surface area contributed by atoms with E-state index in [4.69, 9.17) is 15.2 Å². The van der Waals surface area contributed by atoms with E-state index in [0.717, 1.165) is 25.3 Å². The van der Waals surface area contributed by atoms with Gasteiger partial charge in [0.05, 0.1) is 33.4 Å². The highest BCUT2D eigenvalue weighted by molar-refractivity contribution is 5.86. The first-order chi connectivity index (χ1) is 17.0. The Bertz CT molecular complexity index is 1040. The number of aliphatic imine (C=N–C) groups is 1. The van der Waals surface area contributed by atoms with E-state index in [-0.39, 0.29) is 24.4 Å². The van der Waals surface area contributed by atoms with Gasteiger partial charge in [-0.1, -0.05) is 32.9 Å². The molecule has 8 heteroatoms. The minimum absolute atomic E-state index is 0.0690. The number of nitrogens with two attached hydrogens (primary N) is 1. The van der Waals surface area contributed by atoms with Crippen LogP contribution in [-0.2, 0) is 16.6 Å². The van der Waals surface area contributed by atoms with Crippen LogP contribution in [0.4, 0.5) is 0 Å². The number of nitrogens with one attached hydrogen (secondary N) is 2. The molecule has 8 nitrogen and oxygen atoms in total. The van der Waals surface area contributed by atoms with Crippen LogP contribution in [0.5, 0.6) is 11.5 Å². The van der Waals surface area contributed by atoms with Crippen molar-refractivity contribution in [3.63, 3.8) is 0 Å². The summed E-state index contributed by atoms with van der Waals surface area (Å²) in [6.07, 6.45) is 0.0628. The second-order valence-corrected chi connectivity index (χ2v) is 9.90. The Morgan fingerprint density at radius 3 is 2.33 bits per heavy atom. The van der Waals surface area contributed by atoms with E-state index in [1.807, 2.05) is 0 Å². The lowest BCUT2D eigenvalue weighted by atomic mass is 9.83.